The van der Waals surface area contributed by atoms with E-state index in [1.54, 1.807) is 48.5 Å². The molecule has 0 unspecified atom stereocenters. The van der Waals surface area contributed by atoms with Gasteiger partial charge in [0.15, 0.2) is 5.76 Å². The molecule has 3 nitrogen and oxygen atoms in total. The second-order valence-corrected chi connectivity index (χ2v) is 4.38. The highest BCUT2D eigenvalue weighted by Gasteiger charge is 2.15. The highest BCUT2D eigenvalue weighted by molar-refractivity contribution is 6.34. The molecule has 0 heterocycles. The zero-order valence-electron chi connectivity index (χ0n) is 10.5. The van der Waals surface area contributed by atoms with Crippen LogP contribution in [0.5, 0.6) is 5.75 Å². The van der Waals surface area contributed by atoms with Gasteiger partial charge >= 0.3 is 0 Å². The lowest BCUT2D eigenvalue weighted by atomic mass is 10.1. The fourth-order valence-corrected chi connectivity index (χ4v) is 1.80. The van der Waals surface area contributed by atoms with Crippen LogP contribution < -0.4 is 4.74 Å². The van der Waals surface area contributed by atoms with Crippen LogP contribution in [-0.2, 0) is 0 Å². The molecule has 0 bridgehead atoms. The Morgan fingerprint density at radius 1 is 1.15 bits per heavy atom. The van der Waals surface area contributed by atoms with Gasteiger partial charge in [-0.3, -0.25) is 4.79 Å². The van der Waals surface area contributed by atoms with E-state index in [4.69, 9.17) is 21.6 Å². The fraction of sp³-hybridized carbons (Fsp3) is 0. The molecule has 0 saturated carbocycles. The van der Waals surface area contributed by atoms with Gasteiger partial charge in [-0.25, -0.2) is 0 Å². The van der Waals surface area contributed by atoms with Crippen LogP contribution in [0.1, 0.15) is 15.9 Å². The minimum atomic E-state index is -0.375. The molecule has 0 atom stereocenters. The minimum Gasteiger partial charge on any atom is -0.454 e. The first kappa shape index (κ1) is 13.9. The zero-order valence-corrected chi connectivity index (χ0v) is 11.2. The Labute approximate surface area is 121 Å². The standard InChI is InChI=1S/C16H10ClNO2/c1-11(16(19)14-4-2-3-5-15(14)17)20-13-8-6-12(10-18)7-9-13/h2-9H,1H2. The summed E-state index contributed by atoms with van der Waals surface area (Å²) in [7, 11) is 0. The summed E-state index contributed by atoms with van der Waals surface area (Å²) in [4.78, 5) is 12.1. The smallest absolute Gasteiger partial charge is 0.229 e. The van der Waals surface area contributed by atoms with Crippen LogP contribution in [0.25, 0.3) is 0 Å². The second-order valence-electron chi connectivity index (χ2n) is 3.97. The van der Waals surface area contributed by atoms with Gasteiger partial charge in [0.2, 0.25) is 5.78 Å². The molecule has 2 aromatic rings. The van der Waals surface area contributed by atoms with Crippen molar-refractivity contribution in [1.29, 1.82) is 5.26 Å². The average molecular weight is 284 g/mol. The number of nitriles is 1. The van der Waals surface area contributed by atoms with Crippen LogP contribution in [0.15, 0.2) is 60.9 Å². The molecule has 0 aromatic heterocycles. The van der Waals surface area contributed by atoms with E-state index in [-0.39, 0.29) is 11.5 Å². The van der Waals surface area contributed by atoms with E-state index in [2.05, 4.69) is 6.58 Å². The lowest BCUT2D eigenvalue weighted by Crippen LogP contribution is -2.08. The number of allylic oxidation sites excluding steroid dienone is 1. The van der Waals surface area contributed by atoms with Crippen LogP contribution >= 0.6 is 11.6 Å². The van der Waals surface area contributed by atoms with Crippen LogP contribution in [0, 0.1) is 11.3 Å². The maximum atomic E-state index is 12.1. The molecule has 0 aliphatic rings. The van der Waals surface area contributed by atoms with Crippen LogP contribution in [-0.4, -0.2) is 5.78 Å². The average Bonchev–Trinajstić information content (AvgIpc) is 2.48. The van der Waals surface area contributed by atoms with Crippen molar-refractivity contribution in [3.05, 3.63) is 77.0 Å². The van der Waals surface area contributed by atoms with Gasteiger partial charge in [0.25, 0.3) is 0 Å². The van der Waals surface area contributed by atoms with Crippen molar-refractivity contribution in [2.24, 2.45) is 0 Å². The molecule has 0 N–H and O–H groups in total. The molecule has 4 heteroatoms. The number of ketones is 1. The number of carbonyl (C=O) groups is 1. The molecule has 0 aliphatic carbocycles. The topological polar surface area (TPSA) is 50.1 Å². The molecule has 2 aromatic carbocycles. The van der Waals surface area contributed by atoms with Crippen LogP contribution in [0.3, 0.4) is 0 Å². The normalized spacial score (nSPS) is 9.60. The summed E-state index contributed by atoms with van der Waals surface area (Å²) < 4.78 is 5.37. The van der Waals surface area contributed by atoms with Crippen LogP contribution in [0.2, 0.25) is 5.02 Å². The van der Waals surface area contributed by atoms with Crippen molar-refractivity contribution < 1.29 is 9.53 Å². The molecule has 0 spiro atoms. The molecule has 20 heavy (non-hydrogen) atoms. The summed E-state index contributed by atoms with van der Waals surface area (Å²) in [5.41, 5.74) is 0.855. The van der Waals surface area contributed by atoms with Crippen molar-refractivity contribution >= 4 is 17.4 Å². The van der Waals surface area contributed by atoms with E-state index in [1.165, 1.54) is 0 Å². The summed E-state index contributed by atoms with van der Waals surface area (Å²) in [5.74, 6) is 0.0390. The number of ether oxygens (including phenoxy) is 1. The maximum Gasteiger partial charge on any atom is 0.229 e. The second kappa shape index (κ2) is 6.05. The lowest BCUT2D eigenvalue weighted by molar-refractivity contribution is 0.0987. The lowest BCUT2D eigenvalue weighted by Gasteiger charge is -2.08. The fourth-order valence-electron chi connectivity index (χ4n) is 1.58. The largest absolute Gasteiger partial charge is 0.454 e. The predicted molar refractivity (Wildman–Crippen MR) is 76.7 cm³/mol. The van der Waals surface area contributed by atoms with E-state index in [0.29, 0.717) is 21.9 Å². The van der Waals surface area contributed by atoms with Gasteiger partial charge in [0.1, 0.15) is 5.75 Å². The van der Waals surface area contributed by atoms with Crippen molar-refractivity contribution in [1.82, 2.24) is 0 Å². The van der Waals surface area contributed by atoms with Crippen molar-refractivity contribution in [2.45, 2.75) is 0 Å². The highest BCUT2D eigenvalue weighted by Crippen LogP contribution is 2.21. The highest BCUT2D eigenvalue weighted by atomic mass is 35.5. The summed E-state index contributed by atoms with van der Waals surface area (Å²) in [6, 6.07) is 15.1. The van der Waals surface area contributed by atoms with E-state index >= 15 is 0 Å². The SMILES string of the molecule is C=C(Oc1ccc(C#N)cc1)C(=O)c1ccccc1Cl. The van der Waals surface area contributed by atoms with Gasteiger partial charge in [-0.2, -0.15) is 5.26 Å². The minimum absolute atomic E-state index is 0.0252. The summed E-state index contributed by atoms with van der Waals surface area (Å²) in [6.45, 7) is 3.61. The Kier molecular flexibility index (Phi) is 4.19. The summed E-state index contributed by atoms with van der Waals surface area (Å²) in [6.07, 6.45) is 0. The predicted octanol–water partition coefficient (Wildman–Crippen LogP) is 3.99. The number of hydrogen-bond acceptors (Lipinski definition) is 3. The third-order valence-corrected chi connectivity index (χ3v) is 2.93. The first-order chi connectivity index (χ1) is 9.61. The first-order valence-corrected chi connectivity index (χ1v) is 6.16. The molecule has 0 saturated heterocycles. The monoisotopic (exact) mass is 283 g/mol. The third-order valence-electron chi connectivity index (χ3n) is 2.60. The molecular weight excluding hydrogens is 274 g/mol. The quantitative estimate of drug-likeness (QED) is 0.484. The third kappa shape index (κ3) is 3.05. The maximum absolute atomic E-state index is 12.1. The molecule has 0 amide bonds. The Morgan fingerprint density at radius 3 is 2.40 bits per heavy atom. The number of halogens is 1. The summed E-state index contributed by atoms with van der Waals surface area (Å²) in [5, 5.41) is 9.05. The Balaban J connectivity index is 2.14. The molecule has 0 radical (unpaired) electrons. The number of benzene rings is 2. The Morgan fingerprint density at radius 2 is 1.80 bits per heavy atom. The van der Waals surface area contributed by atoms with Crippen molar-refractivity contribution in [2.75, 3.05) is 0 Å². The number of Topliss-reactive ketones (excluding diaryl/α,β-unsaturated/α-hetero) is 1. The molecular formula is C16H10ClNO2. The first-order valence-electron chi connectivity index (χ1n) is 5.78. The van der Waals surface area contributed by atoms with Gasteiger partial charge in [-0.05, 0) is 36.4 Å². The number of hydrogen-bond donors (Lipinski definition) is 0. The van der Waals surface area contributed by atoms with E-state index in [0.717, 1.165) is 0 Å². The van der Waals surface area contributed by atoms with Crippen molar-refractivity contribution in [3.8, 4) is 11.8 Å². The number of rotatable bonds is 4. The zero-order chi connectivity index (χ0) is 14.5. The molecule has 0 fully saturated rings. The number of carbonyl (C=O) groups excluding carboxylic acids is 1. The van der Waals surface area contributed by atoms with Gasteiger partial charge in [0, 0.05) is 5.56 Å². The molecule has 0 aliphatic heterocycles. The van der Waals surface area contributed by atoms with Gasteiger partial charge in [-0.15, -0.1) is 0 Å². The van der Waals surface area contributed by atoms with Crippen molar-refractivity contribution in [3.63, 3.8) is 0 Å². The molecule has 98 valence electrons. The van der Waals surface area contributed by atoms with Crippen LogP contribution in [0.4, 0.5) is 0 Å². The van der Waals surface area contributed by atoms with Gasteiger partial charge in [0.05, 0.1) is 16.7 Å². The Hall–Kier alpha value is -2.57. The van der Waals surface area contributed by atoms with E-state index < -0.39 is 0 Å². The van der Waals surface area contributed by atoms with Gasteiger partial charge < -0.3 is 4.74 Å². The van der Waals surface area contributed by atoms with E-state index in [1.807, 2.05) is 6.07 Å². The summed E-state index contributed by atoms with van der Waals surface area (Å²) >= 11 is 5.95. The van der Waals surface area contributed by atoms with E-state index in [9.17, 15) is 4.79 Å². The molecule has 2 rings (SSSR count). The van der Waals surface area contributed by atoms with Gasteiger partial charge in [-0.1, -0.05) is 30.3 Å². The number of nitrogens with zero attached hydrogens (tertiary/aromatic N) is 1. The Bertz CT molecular complexity index is 699.